The van der Waals surface area contributed by atoms with E-state index in [1.807, 2.05) is 0 Å². The SMILES string of the molecule is CCCc1ccc(CCC)c(NC(C)=O)c1.O=S(=O)(O)Cl. The summed E-state index contributed by atoms with van der Waals surface area (Å²) in [6, 6.07) is 6.41. The molecule has 1 rings (SSSR count). The molecule has 0 saturated carbocycles. The van der Waals surface area contributed by atoms with E-state index in [4.69, 9.17) is 13.0 Å². The first-order valence-electron chi connectivity index (χ1n) is 6.73. The summed E-state index contributed by atoms with van der Waals surface area (Å²) in [7, 11) is -0.137. The van der Waals surface area contributed by atoms with Crippen LogP contribution in [-0.4, -0.2) is 18.9 Å². The van der Waals surface area contributed by atoms with Crippen LogP contribution in [0.15, 0.2) is 18.2 Å². The fraction of sp³-hybridized carbons (Fsp3) is 0.500. The first-order valence-corrected chi connectivity index (χ1v) is 9.00. The number of amides is 1. The predicted molar refractivity (Wildman–Crippen MR) is 86.1 cm³/mol. The standard InChI is InChI=1S/C14H21NO.ClHO3S/c1-4-6-12-8-9-13(7-5-2)14(10-12)15-11(3)16;1-5(2,3)4/h8-10H,4-7H2,1-3H3,(H,15,16);(H,2,3,4). The zero-order valence-electron chi connectivity index (χ0n) is 12.5. The van der Waals surface area contributed by atoms with Crippen molar-refractivity contribution in [1.82, 2.24) is 0 Å². The molecule has 2 N–H and O–H groups in total. The van der Waals surface area contributed by atoms with Gasteiger partial charge in [0.05, 0.1) is 0 Å². The van der Waals surface area contributed by atoms with Gasteiger partial charge in [0, 0.05) is 23.3 Å². The van der Waals surface area contributed by atoms with Crippen molar-refractivity contribution in [2.24, 2.45) is 0 Å². The monoisotopic (exact) mass is 335 g/mol. The molecular weight excluding hydrogens is 314 g/mol. The highest BCUT2D eigenvalue weighted by molar-refractivity contribution is 8.09. The van der Waals surface area contributed by atoms with E-state index in [9.17, 15) is 4.79 Å². The molecule has 5 nitrogen and oxygen atoms in total. The van der Waals surface area contributed by atoms with Crippen LogP contribution in [-0.2, 0) is 27.0 Å². The molecule has 0 heterocycles. The Balaban J connectivity index is 0.000000690. The maximum atomic E-state index is 11.1. The van der Waals surface area contributed by atoms with Crippen LogP contribution in [0.1, 0.15) is 44.7 Å². The van der Waals surface area contributed by atoms with Crippen molar-refractivity contribution < 1.29 is 17.8 Å². The van der Waals surface area contributed by atoms with E-state index in [-0.39, 0.29) is 5.91 Å². The maximum absolute atomic E-state index is 11.1. The zero-order chi connectivity index (χ0) is 16.5. The van der Waals surface area contributed by atoms with Crippen LogP contribution >= 0.6 is 10.7 Å². The van der Waals surface area contributed by atoms with Crippen LogP contribution in [0.4, 0.5) is 5.69 Å². The van der Waals surface area contributed by atoms with Crippen LogP contribution < -0.4 is 5.32 Å². The quantitative estimate of drug-likeness (QED) is 0.636. The van der Waals surface area contributed by atoms with E-state index in [1.165, 1.54) is 11.1 Å². The lowest BCUT2D eigenvalue weighted by molar-refractivity contribution is -0.114. The minimum absolute atomic E-state index is 0.00556. The number of hydrogen-bond acceptors (Lipinski definition) is 3. The van der Waals surface area contributed by atoms with Crippen molar-refractivity contribution in [3.8, 4) is 0 Å². The Labute approximate surface area is 131 Å². The lowest BCUT2D eigenvalue weighted by Crippen LogP contribution is -2.08. The molecule has 1 aromatic carbocycles. The van der Waals surface area contributed by atoms with Gasteiger partial charge >= 0.3 is 9.33 Å². The molecule has 0 spiro atoms. The Bertz CT molecular complexity index is 550. The van der Waals surface area contributed by atoms with Crippen molar-refractivity contribution in [1.29, 1.82) is 0 Å². The zero-order valence-corrected chi connectivity index (χ0v) is 14.1. The highest BCUT2D eigenvalue weighted by Crippen LogP contribution is 2.20. The van der Waals surface area contributed by atoms with Crippen molar-refractivity contribution in [3.05, 3.63) is 29.3 Å². The molecule has 0 unspecified atom stereocenters. The predicted octanol–water partition coefficient (Wildman–Crippen LogP) is 3.58. The van der Waals surface area contributed by atoms with Gasteiger partial charge in [-0.25, -0.2) is 0 Å². The molecule has 7 heteroatoms. The van der Waals surface area contributed by atoms with Crippen LogP contribution in [0.25, 0.3) is 0 Å². The number of nitrogens with one attached hydrogen (secondary N) is 1. The minimum atomic E-state index is -4.19. The third-order valence-corrected chi connectivity index (χ3v) is 2.54. The Morgan fingerprint density at radius 1 is 1.24 bits per heavy atom. The Kier molecular flexibility index (Phi) is 9.24. The summed E-state index contributed by atoms with van der Waals surface area (Å²) in [5.74, 6) is 0.00556. The van der Waals surface area contributed by atoms with Gasteiger partial charge in [0.25, 0.3) is 0 Å². The van der Waals surface area contributed by atoms with E-state index in [2.05, 4.69) is 48.0 Å². The number of aryl methyl sites for hydroxylation is 2. The number of benzene rings is 1. The topological polar surface area (TPSA) is 83.5 Å². The van der Waals surface area contributed by atoms with Gasteiger partial charge in [-0.05, 0) is 30.0 Å². The van der Waals surface area contributed by atoms with Gasteiger partial charge < -0.3 is 5.32 Å². The van der Waals surface area contributed by atoms with Gasteiger partial charge in [0.2, 0.25) is 5.91 Å². The third kappa shape index (κ3) is 11.2. The summed E-state index contributed by atoms with van der Waals surface area (Å²) >= 11 is 0. The van der Waals surface area contributed by atoms with Crippen LogP contribution in [0.3, 0.4) is 0 Å². The number of halogens is 1. The highest BCUT2D eigenvalue weighted by atomic mass is 35.7. The summed E-state index contributed by atoms with van der Waals surface area (Å²) in [5, 5.41) is 2.92. The second-order valence-electron chi connectivity index (χ2n) is 4.58. The molecule has 0 bridgehead atoms. The Morgan fingerprint density at radius 2 is 1.76 bits per heavy atom. The van der Waals surface area contributed by atoms with Crippen molar-refractivity contribution in [2.45, 2.75) is 46.5 Å². The average Bonchev–Trinajstić information content (AvgIpc) is 2.30. The summed E-state index contributed by atoms with van der Waals surface area (Å²) < 4.78 is 25.2. The largest absolute Gasteiger partial charge is 0.353 e. The lowest BCUT2D eigenvalue weighted by Gasteiger charge is -2.11. The smallest absolute Gasteiger partial charge is 0.326 e. The molecule has 0 aliphatic rings. The first kappa shape index (κ1) is 19.9. The number of carbonyl (C=O) groups is 1. The maximum Gasteiger partial charge on any atom is 0.353 e. The number of carbonyl (C=O) groups excluding carboxylic acids is 1. The van der Waals surface area contributed by atoms with E-state index >= 15 is 0 Å². The van der Waals surface area contributed by atoms with Gasteiger partial charge in [-0.3, -0.25) is 9.35 Å². The second kappa shape index (κ2) is 9.76. The van der Waals surface area contributed by atoms with Gasteiger partial charge in [-0.2, -0.15) is 8.42 Å². The average molecular weight is 336 g/mol. The van der Waals surface area contributed by atoms with Gasteiger partial charge in [-0.15, -0.1) is 0 Å². The molecule has 0 saturated heterocycles. The lowest BCUT2D eigenvalue weighted by atomic mass is 10.0. The van der Waals surface area contributed by atoms with Gasteiger partial charge in [0.15, 0.2) is 0 Å². The van der Waals surface area contributed by atoms with Gasteiger partial charge in [-0.1, -0.05) is 38.8 Å². The van der Waals surface area contributed by atoms with Crippen molar-refractivity contribution in [2.75, 3.05) is 5.32 Å². The van der Waals surface area contributed by atoms with Crippen LogP contribution in [0.5, 0.6) is 0 Å². The minimum Gasteiger partial charge on any atom is -0.326 e. The number of hydrogen-bond donors (Lipinski definition) is 2. The molecule has 0 fully saturated rings. The van der Waals surface area contributed by atoms with Crippen molar-refractivity contribution in [3.63, 3.8) is 0 Å². The molecule has 0 atom stereocenters. The molecule has 1 amide bonds. The Morgan fingerprint density at radius 3 is 2.19 bits per heavy atom. The normalized spacial score (nSPS) is 10.5. The van der Waals surface area contributed by atoms with Gasteiger partial charge in [0.1, 0.15) is 0 Å². The van der Waals surface area contributed by atoms with E-state index in [0.717, 1.165) is 31.4 Å². The van der Waals surface area contributed by atoms with Crippen LogP contribution in [0, 0.1) is 0 Å². The molecule has 0 aromatic heterocycles. The molecule has 0 aliphatic heterocycles. The summed E-state index contributed by atoms with van der Waals surface area (Å²) in [5.41, 5.74) is 3.52. The third-order valence-electron chi connectivity index (χ3n) is 2.54. The van der Waals surface area contributed by atoms with Crippen molar-refractivity contribution >= 4 is 31.6 Å². The number of rotatable bonds is 5. The highest BCUT2D eigenvalue weighted by Gasteiger charge is 2.04. The second-order valence-corrected chi connectivity index (χ2v) is 6.58. The van der Waals surface area contributed by atoms with E-state index in [0.29, 0.717) is 0 Å². The molecular formula is C14H22ClNO4S. The Hall–Kier alpha value is -1.11. The molecule has 120 valence electrons. The first-order chi connectivity index (χ1) is 9.67. The van der Waals surface area contributed by atoms with E-state index < -0.39 is 9.33 Å². The fourth-order valence-electron chi connectivity index (χ4n) is 1.86. The summed E-state index contributed by atoms with van der Waals surface area (Å²) in [4.78, 5) is 11.1. The summed E-state index contributed by atoms with van der Waals surface area (Å²) in [6.45, 7) is 5.87. The molecule has 0 aliphatic carbocycles. The number of anilines is 1. The molecule has 21 heavy (non-hydrogen) atoms. The summed E-state index contributed by atoms with van der Waals surface area (Å²) in [6.07, 6.45) is 4.31. The fourth-order valence-corrected chi connectivity index (χ4v) is 1.86. The molecule has 1 aromatic rings. The van der Waals surface area contributed by atoms with Crippen LogP contribution in [0.2, 0.25) is 0 Å². The van der Waals surface area contributed by atoms with E-state index in [1.54, 1.807) is 6.92 Å². The molecule has 0 radical (unpaired) electrons.